The first kappa shape index (κ1) is 15.4. The Morgan fingerprint density at radius 2 is 1.31 bits per heavy atom. The lowest BCUT2D eigenvalue weighted by molar-refractivity contribution is -0.135. The molecular formula is C13H26O2Si. The van der Waals surface area contributed by atoms with Crippen LogP contribution in [0.15, 0.2) is 11.8 Å². The van der Waals surface area contributed by atoms with Crippen LogP contribution in [0.1, 0.15) is 41.5 Å². The number of carbonyl (C=O) groups excluding carboxylic acids is 1. The van der Waals surface area contributed by atoms with Gasteiger partial charge < -0.3 is 4.74 Å². The average molecular weight is 242 g/mol. The summed E-state index contributed by atoms with van der Waals surface area (Å²) in [5.74, 6) is -0.220. The normalized spacial score (nSPS) is 12.4. The third-order valence-corrected chi connectivity index (χ3v) is 10.8. The molecule has 0 rings (SSSR count). The maximum Gasteiger partial charge on any atom is 0.329 e. The predicted octanol–water partition coefficient (Wildman–Crippen LogP) is 3.93. The first-order chi connectivity index (χ1) is 7.22. The number of methoxy groups -OCH3 is 1. The molecule has 0 atom stereocenters. The standard InChI is InChI=1S/C13H26O2Si/c1-9(2)16(10(3)4,11(5)6)12(7)13(14)15-8/h9-11H,7H2,1-6,8H3. The molecule has 16 heavy (non-hydrogen) atoms. The van der Waals surface area contributed by atoms with E-state index >= 15 is 0 Å². The number of hydrogen-bond acceptors (Lipinski definition) is 2. The fourth-order valence-corrected chi connectivity index (χ4v) is 9.89. The van der Waals surface area contributed by atoms with Crippen LogP contribution in [0.5, 0.6) is 0 Å². The summed E-state index contributed by atoms with van der Waals surface area (Å²) in [4.78, 5) is 11.8. The summed E-state index contributed by atoms with van der Waals surface area (Å²) in [6, 6.07) is 0. The highest BCUT2D eigenvalue weighted by molar-refractivity contribution is 6.93. The van der Waals surface area contributed by atoms with Crippen LogP contribution in [0.4, 0.5) is 0 Å². The van der Waals surface area contributed by atoms with E-state index < -0.39 is 8.07 Å². The monoisotopic (exact) mass is 242 g/mol. The van der Waals surface area contributed by atoms with Gasteiger partial charge in [-0.2, -0.15) is 0 Å². The van der Waals surface area contributed by atoms with Gasteiger partial charge in [0.1, 0.15) is 8.07 Å². The highest BCUT2D eigenvalue weighted by Crippen LogP contribution is 2.46. The molecule has 0 bridgehead atoms. The van der Waals surface area contributed by atoms with Crippen molar-refractivity contribution in [1.29, 1.82) is 0 Å². The van der Waals surface area contributed by atoms with Crippen molar-refractivity contribution in [3.8, 4) is 0 Å². The van der Waals surface area contributed by atoms with Crippen molar-refractivity contribution in [1.82, 2.24) is 0 Å². The summed E-state index contributed by atoms with van der Waals surface area (Å²) in [5, 5.41) is 0.745. The highest BCUT2D eigenvalue weighted by atomic mass is 28.3. The molecule has 3 heteroatoms. The minimum atomic E-state index is -1.88. The molecule has 0 aliphatic heterocycles. The molecule has 0 amide bonds. The van der Waals surface area contributed by atoms with Crippen molar-refractivity contribution in [3.05, 3.63) is 11.8 Å². The summed E-state index contributed by atoms with van der Waals surface area (Å²) in [6.45, 7) is 17.3. The zero-order valence-corrected chi connectivity index (χ0v) is 12.8. The second-order valence-electron chi connectivity index (χ2n) is 5.37. The Kier molecular flexibility index (Phi) is 5.46. The van der Waals surface area contributed by atoms with Gasteiger partial charge >= 0.3 is 5.97 Å². The Hall–Kier alpha value is -0.573. The van der Waals surface area contributed by atoms with E-state index in [1.807, 2.05) is 0 Å². The van der Waals surface area contributed by atoms with Crippen LogP contribution < -0.4 is 0 Å². The molecule has 0 aromatic rings. The Bertz CT molecular complexity index is 245. The van der Waals surface area contributed by atoms with Gasteiger partial charge in [-0.15, -0.1) is 0 Å². The molecule has 0 saturated heterocycles. The van der Waals surface area contributed by atoms with Crippen molar-refractivity contribution >= 4 is 14.0 Å². The summed E-state index contributed by atoms with van der Waals surface area (Å²) in [6.07, 6.45) is 0. The molecule has 0 saturated carbocycles. The maximum absolute atomic E-state index is 11.8. The van der Waals surface area contributed by atoms with Gasteiger partial charge in [0.2, 0.25) is 0 Å². The van der Waals surface area contributed by atoms with Crippen molar-refractivity contribution in [2.75, 3.05) is 7.11 Å². The first-order valence-corrected chi connectivity index (χ1v) is 8.23. The Balaban J connectivity index is 5.53. The van der Waals surface area contributed by atoms with Crippen LogP contribution >= 0.6 is 0 Å². The number of rotatable bonds is 5. The Morgan fingerprint density at radius 3 is 1.50 bits per heavy atom. The van der Waals surface area contributed by atoms with Gasteiger partial charge in [-0.05, 0) is 16.6 Å². The molecule has 94 valence electrons. The minimum absolute atomic E-state index is 0.220. The second-order valence-corrected chi connectivity index (χ2v) is 11.3. The topological polar surface area (TPSA) is 26.3 Å². The van der Waals surface area contributed by atoms with Crippen LogP contribution in [0.2, 0.25) is 16.6 Å². The Morgan fingerprint density at radius 1 is 1.00 bits per heavy atom. The van der Waals surface area contributed by atoms with Gasteiger partial charge in [0, 0.05) is 5.20 Å². The molecule has 2 nitrogen and oxygen atoms in total. The van der Waals surface area contributed by atoms with E-state index in [0.29, 0.717) is 16.6 Å². The summed E-state index contributed by atoms with van der Waals surface area (Å²) in [5.41, 5.74) is 1.50. The zero-order valence-electron chi connectivity index (χ0n) is 11.8. The summed E-state index contributed by atoms with van der Waals surface area (Å²) in [7, 11) is -0.446. The van der Waals surface area contributed by atoms with Gasteiger partial charge in [0.05, 0.1) is 7.11 Å². The number of carbonyl (C=O) groups is 1. The van der Waals surface area contributed by atoms with Gasteiger partial charge in [0.15, 0.2) is 0 Å². The van der Waals surface area contributed by atoms with E-state index in [-0.39, 0.29) is 5.97 Å². The third-order valence-electron chi connectivity index (χ3n) is 3.82. The lowest BCUT2D eigenvalue weighted by Crippen LogP contribution is -2.49. The van der Waals surface area contributed by atoms with E-state index in [0.717, 1.165) is 5.20 Å². The van der Waals surface area contributed by atoms with Gasteiger partial charge in [-0.3, -0.25) is 0 Å². The molecule has 0 N–H and O–H groups in total. The summed E-state index contributed by atoms with van der Waals surface area (Å²) < 4.78 is 4.86. The van der Waals surface area contributed by atoms with Crippen LogP contribution in [-0.4, -0.2) is 21.2 Å². The molecule has 0 radical (unpaired) electrons. The van der Waals surface area contributed by atoms with E-state index in [1.165, 1.54) is 7.11 Å². The highest BCUT2D eigenvalue weighted by Gasteiger charge is 2.47. The van der Waals surface area contributed by atoms with Crippen molar-refractivity contribution in [3.63, 3.8) is 0 Å². The smallest absolute Gasteiger partial charge is 0.329 e. The van der Waals surface area contributed by atoms with Gasteiger partial charge in [-0.1, -0.05) is 48.1 Å². The van der Waals surface area contributed by atoms with Crippen LogP contribution in [0.25, 0.3) is 0 Å². The van der Waals surface area contributed by atoms with Crippen LogP contribution in [0, 0.1) is 0 Å². The minimum Gasteiger partial charge on any atom is -0.466 e. The molecule has 0 fully saturated rings. The van der Waals surface area contributed by atoms with Crippen LogP contribution in [-0.2, 0) is 9.53 Å². The van der Waals surface area contributed by atoms with Crippen molar-refractivity contribution < 1.29 is 9.53 Å². The van der Waals surface area contributed by atoms with Crippen LogP contribution in [0.3, 0.4) is 0 Å². The first-order valence-electron chi connectivity index (χ1n) is 6.00. The van der Waals surface area contributed by atoms with Crippen molar-refractivity contribution in [2.24, 2.45) is 0 Å². The maximum atomic E-state index is 11.8. The van der Waals surface area contributed by atoms with E-state index in [1.54, 1.807) is 0 Å². The predicted molar refractivity (Wildman–Crippen MR) is 72.2 cm³/mol. The van der Waals surface area contributed by atoms with E-state index in [2.05, 4.69) is 48.1 Å². The van der Waals surface area contributed by atoms with Gasteiger partial charge in [-0.25, -0.2) is 4.79 Å². The molecule has 0 aromatic carbocycles. The second kappa shape index (κ2) is 5.67. The molecule has 0 heterocycles. The fourth-order valence-electron chi connectivity index (χ4n) is 3.35. The number of ether oxygens (including phenoxy) is 1. The van der Waals surface area contributed by atoms with Crippen molar-refractivity contribution in [2.45, 2.75) is 58.2 Å². The molecular weight excluding hydrogens is 216 g/mol. The lowest BCUT2D eigenvalue weighted by Gasteiger charge is -2.43. The van der Waals surface area contributed by atoms with E-state index in [9.17, 15) is 4.79 Å². The zero-order chi connectivity index (χ0) is 13.1. The number of esters is 1. The SMILES string of the molecule is C=C(C(=O)OC)[Si](C(C)C)(C(C)C)C(C)C. The Labute approximate surface area is 101 Å². The molecule has 0 unspecified atom stereocenters. The van der Waals surface area contributed by atoms with Gasteiger partial charge in [0.25, 0.3) is 0 Å². The largest absolute Gasteiger partial charge is 0.466 e. The quantitative estimate of drug-likeness (QED) is 0.415. The summed E-state index contributed by atoms with van der Waals surface area (Å²) >= 11 is 0. The molecule has 0 spiro atoms. The molecule has 0 aromatic heterocycles. The average Bonchev–Trinajstić information content (AvgIpc) is 2.15. The third kappa shape index (κ3) is 2.39. The fraction of sp³-hybridized carbons (Fsp3) is 0.769. The van der Waals surface area contributed by atoms with E-state index in [4.69, 9.17) is 4.74 Å². The number of hydrogen-bond donors (Lipinski definition) is 0. The molecule has 0 aliphatic carbocycles. The lowest BCUT2D eigenvalue weighted by atomic mass is 10.5. The molecule has 0 aliphatic rings.